The lowest BCUT2D eigenvalue weighted by molar-refractivity contribution is 0.0594. The summed E-state index contributed by atoms with van der Waals surface area (Å²) < 4.78 is 10.3. The van der Waals surface area contributed by atoms with Gasteiger partial charge in [-0.25, -0.2) is 14.8 Å². The van der Waals surface area contributed by atoms with Crippen molar-refractivity contribution < 1.29 is 13.9 Å². The van der Waals surface area contributed by atoms with Crippen LogP contribution in [-0.4, -0.2) is 23.0 Å². The van der Waals surface area contributed by atoms with E-state index in [1.54, 1.807) is 30.3 Å². The molecule has 3 aromatic rings. The first-order chi connectivity index (χ1) is 9.67. The number of rotatable bonds is 2. The molecule has 0 aliphatic rings. The molecule has 0 atom stereocenters. The van der Waals surface area contributed by atoms with Crippen molar-refractivity contribution in [3.05, 3.63) is 42.2 Å². The van der Waals surface area contributed by atoms with Gasteiger partial charge in [0, 0.05) is 17.4 Å². The van der Waals surface area contributed by atoms with Crippen molar-refractivity contribution >= 4 is 22.8 Å². The summed E-state index contributed by atoms with van der Waals surface area (Å²) in [5.74, 6) is -0.106. The molecule has 0 radical (unpaired) electrons. The van der Waals surface area contributed by atoms with Crippen LogP contribution < -0.4 is 5.73 Å². The Hall–Kier alpha value is -2.89. The Morgan fingerprint density at radius 1 is 1.30 bits per heavy atom. The summed E-state index contributed by atoms with van der Waals surface area (Å²) in [6, 6.07) is 8.50. The lowest BCUT2D eigenvalue weighted by Crippen LogP contribution is -2.03. The number of ether oxygens (including phenoxy) is 1. The first-order valence-electron chi connectivity index (χ1n) is 5.88. The average molecular weight is 269 g/mol. The third-order valence-electron chi connectivity index (χ3n) is 2.81. The number of anilines is 1. The number of oxazole rings is 1. The van der Waals surface area contributed by atoms with Crippen molar-refractivity contribution in [1.29, 1.82) is 0 Å². The van der Waals surface area contributed by atoms with Crippen molar-refractivity contribution in [2.45, 2.75) is 0 Å². The number of hydrogen-bond donors (Lipinski definition) is 1. The van der Waals surface area contributed by atoms with E-state index in [0.29, 0.717) is 28.2 Å². The predicted molar refractivity (Wildman–Crippen MR) is 73.0 cm³/mol. The van der Waals surface area contributed by atoms with Gasteiger partial charge in [0.25, 0.3) is 0 Å². The molecule has 0 amide bonds. The highest BCUT2D eigenvalue weighted by Crippen LogP contribution is 2.25. The van der Waals surface area contributed by atoms with E-state index < -0.39 is 5.97 Å². The van der Waals surface area contributed by atoms with Gasteiger partial charge in [-0.05, 0) is 30.3 Å². The molecule has 6 heteroatoms. The number of methoxy groups -OCH3 is 1. The van der Waals surface area contributed by atoms with E-state index in [1.165, 1.54) is 13.3 Å². The Kier molecular flexibility index (Phi) is 2.83. The lowest BCUT2D eigenvalue weighted by Gasteiger charge is -1.99. The zero-order valence-corrected chi connectivity index (χ0v) is 10.7. The van der Waals surface area contributed by atoms with E-state index in [9.17, 15) is 4.79 Å². The van der Waals surface area contributed by atoms with Crippen LogP contribution in [0, 0.1) is 0 Å². The number of pyridine rings is 1. The molecular weight excluding hydrogens is 258 g/mol. The van der Waals surface area contributed by atoms with E-state index in [4.69, 9.17) is 10.2 Å². The molecule has 0 spiro atoms. The molecule has 0 saturated carbocycles. The van der Waals surface area contributed by atoms with Crippen LogP contribution in [-0.2, 0) is 4.74 Å². The Morgan fingerprint density at radius 3 is 2.95 bits per heavy atom. The molecule has 0 fully saturated rings. The van der Waals surface area contributed by atoms with Crippen LogP contribution in [0.3, 0.4) is 0 Å². The third-order valence-corrected chi connectivity index (χ3v) is 2.81. The molecule has 2 N–H and O–H groups in total. The maximum absolute atomic E-state index is 11.5. The predicted octanol–water partition coefficient (Wildman–Crippen LogP) is 2.26. The molecule has 0 unspecified atom stereocenters. The molecule has 2 heterocycles. The van der Waals surface area contributed by atoms with Crippen LogP contribution >= 0.6 is 0 Å². The summed E-state index contributed by atoms with van der Waals surface area (Å²) in [5, 5.41) is 0. The SMILES string of the molecule is COC(=O)c1cc(-c2nc3cc(N)ccc3o2)ccn1. The van der Waals surface area contributed by atoms with Crippen molar-refractivity contribution in [2.75, 3.05) is 12.8 Å². The molecule has 1 aromatic carbocycles. The van der Waals surface area contributed by atoms with Crippen LogP contribution in [0.1, 0.15) is 10.5 Å². The van der Waals surface area contributed by atoms with Gasteiger partial charge in [-0.3, -0.25) is 0 Å². The van der Waals surface area contributed by atoms with E-state index in [-0.39, 0.29) is 5.69 Å². The van der Waals surface area contributed by atoms with E-state index >= 15 is 0 Å². The summed E-state index contributed by atoms with van der Waals surface area (Å²) in [7, 11) is 1.30. The molecule has 20 heavy (non-hydrogen) atoms. The van der Waals surface area contributed by atoms with Crippen LogP contribution in [0.5, 0.6) is 0 Å². The van der Waals surface area contributed by atoms with Crippen molar-refractivity contribution in [1.82, 2.24) is 9.97 Å². The normalized spacial score (nSPS) is 10.7. The maximum atomic E-state index is 11.5. The van der Waals surface area contributed by atoms with Gasteiger partial charge in [-0.15, -0.1) is 0 Å². The maximum Gasteiger partial charge on any atom is 0.356 e. The zero-order chi connectivity index (χ0) is 14.1. The average Bonchev–Trinajstić information content (AvgIpc) is 2.89. The van der Waals surface area contributed by atoms with Gasteiger partial charge >= 0.3 is 5.97 Å². The van der Waals surface area contributed by atoms with Gasteiger partial charge < -0.3 is 14.9 Å². The Labute approximate surface area is 114 Å². The summed E-state index contributed by atoms with van der Waals surface area (Å²) in [6.45, 7) is 0. The third kappa shape index (κ3) is 2.07. The molecule has 0 aliphatic heterocycles. The number of carbonyl (C=O) groups is 1. The van der Waals surface area contributed by atoms with Crippen molar-refractivity contribution in [3.63, 3.8) is 0 Å². The van der Waals surface area contributed by atoms with E-state index in [1.807, 2.05) is 0 Å². The number of aromatic nitrogens is 2. The second-order valence-electron chi connectivity index (χ2n) is 4.17. The van der Waals surface area contributed by atoms with Crippen molar-refractivity contribution in [2.24, 2.45) is 0 Å². The Bertz CT molecular complexity index is 795. The molecule has 3 rings (SSSR count). The molecule has 2 aromatic heterocycles. The Balaban J connectivity index is 2.08. The zero-order valence-electron chi connectivity index (χ0n) is 10.7. The molecule has 0 aliphatic carbocycles. The number of fused-ring (bicyclic) bond motifs is 1. The fourth-order valence-corrected chi connectivity index (χ4v) is 1.85. The summed E-state index contributed by atoms with van der Waals surface area (Å²) in [6.07, 6.45) is 1.50. The van der Waals surface area contributed by atoms with Gasteiger partial charge in [0.1, 0.15) is 11.2 Å². The number of nitrogens with zero attached hydrogens (tertiary/aromatic N) is 2. The van der Waals surface area contributed by atoms with Crippen molar-refractivity contribution in [3.8, 4) is 11.5 Å². The minimum Gasteiger partial charge on any atom is -0.464 e. The number of carbonyl (C=O) groups excluding carboxylic acids is 1. The number of nitrogen functional groups attached to an aromatic ring is 1. The van der Waals surface area contributed by atoms with Gasteiger partial charge in [-0.2, -0.15) is 0 Å². The minimum atomic E-state index is -0.507. The second-order valence-corrected chi connectivity index (χ2v) is 4.17. The summed E-state index contributed by atoms with van der Waals surface area (Å²) in [5.41, 5.74) is 8.46. The number of esters is 1. The van der Waals surface area contributed by atoms with Crippen LogP contribution in [0.15, 0.2) is 40.9 Å². The number of benzene rings is 1. The van der Waals surface area contributed by atoms with Crippen LogP contribution in [0.4, 0.5) is 5.69 Å². The topological polar surface area (TPSA) is 91.2 Å². The highest BCUT2D eigenvalue weighted by atomic mass is 16.5. The Morgan fingerprint density at radius 2 is 2.15 bits per heavy atom. The second kappa shape index (κ2) is 4.65. The molecule has 0 saturated heterocycles. The fourth-order valence-electron chi connectivity index (χ4n) is 1.85. The summed E-state index contributed by atoms with van der Waals surface area (Å²) in [4.78, 5) is 19.7. The lowest BCUT2D eigenvalue weighted by atomic mass is 10.2. The number of nitrogens with two attached hydrogens (primary N) is 1. The fraction of sp³-hybridized carbons (Fsp3) is 0.0714. The first kappa shape index (κ1) is 12.2. The standard InChI is InChI=1S/C14H11N3O3/c1-19-14(18)11-6-8(4-5-16-11)13-17-10-7-9(15)2-3-12(10)20-13/h2-7H,15H2,1H3. The minimum absolute atomic E-state index is 0.201. The molecule has 0 bridgehead atoms. The van der Waals surface area contributed by atoms with Crippen LogP contribution in [0.2, 0.25) is 0 Å². The molecule has 100 valence electrons. The van der Waals surface area contributed by atoms with Gasteiger partial charge in [0.15, 0.2) is 5.58 Å². The molecule has 6 nitrogen and oxygen atoms in total. The largest absolute Gasteiger partial charge is 0.464 e. The van der Waals surface area contributed by atoms with Gasteiger partial charge in [0.2, 0.25) is 5.89 Å². The monoisotopic (exact) mass is 269 g/mol. The van der Waals surface area contributed by atoms with Crippen LogP contribution in [0.25, 0.3) is 22.6 Å². The van der Waals surface area contributed by atoms with Gasteiger partial charge in [0.05, 0.1) is 7.11 Å². The highest BCUT2D eigenvalue weighted by molar-refractivity contribution is 5.88. The summed E-state index contributed by atoms with van der Waals surface area (Å²) >= 11 is 0. The molecular formula is C14H11N3O3. The first-order valence-corrected chi connectivity index (χ1v) is 5.88. The quantitative estimate of drug-likeness (QED) is 0.566. The smallest absolute Gasteiger partial charge is 0.356 e. The van der Waals surface area contributed by atoms with E-state index in [2.05, 4.69) is 14.7 Å². The van der Waals surface area contributed by atoms with E-state index in [0.717, 1.165) is 0 Å². The number of hydrogen-bond acceptors (Lipinski definition) is 6. The van der Waals surface area contributed by atoms with Gasteiger partial charge in [-0.1, -0.05) is 0 Å². The highest BCUT2D eigenvalue weighted by Gasteiger charge is 2.12.